The molecule has 1 aliphatic carbocycles. The lowest BCUT2D eigenvalue weighted by Crippen LogP contribution is -2.44. The van der Waals surface area contributed by atoms with Gasteiger partial charge in [-0.3, -0.25) is 0 Å². The van der Waals surface area contributed by atoms with Crippen LogP contribution in [-0.4, -0.2) is 54.1 Å². The minimum absolute atomic E-state index is 0.504. The highest BCUT2D eigenvalue weighted by Gasteiger charge is 2.20. The number of aromatic nitrogens is 2. The molecule has 2 aliphatic rings. The molecule has 2 fully saturated rings. The third-order valence-corrected chi connectivity index (χ3v) is 7.54. The summed E-state index contributed by atoms with van der Waals surface area (Å²) in [7, 11) is 2.19. The Morgan fingerprint density at radius 1 is 1.00 bits per heavy atom. The molecule has 0 atom stereocenters. The molecule has 1 saturated heterocycles. The number of hydrogen-bond donors (Lipinski definition) is 2. The van der Waals surface area contributed by atoms with E-state index in [4.69, 9.17) is 9.97 Å². The summed E-state index contributed by atoms with van der Waals surface area (Å²) in [6.07, 6.45) is 5.02. The van der Waals surface area contributed by atoms with Crippen LogP contribution < -0.4 is 15.5 Å². The molecule has 2 aromatic heterocycles. The van der Waals surface area contributed by atoms with Gasteiger partial charge in [-0.25, -0.2) is 4.98 Å². The van der Waals surface area contributed by atoms with E-state index in [2.05, 4.69) is 70.1 Å². The molecule has 164 valence electrons. The Morgan fingerprint density at radius 2 is 1.81 bits per heavy atom. The first-order chi connectivity index (χ1) is 15.1. The maximum atomic E-state index is 4.89. The van der Waals surface area contributed by atoms with Crippen molar-refractivity contribution in [3.63, 3.8) is 0 Å². The van der Waals surface area contributed by atoms with Crippen molar-refractivity contribution >= 4 is 44.7 Å². The number of piperazine rings is 1. The fraction of sp³-hybridized carbons (Fsp3) is 0.500. The van der Waals surface area contributed by atoms with Crippen molar-refractivity contribution in [1.82, 2.24) is 14.9 Å². The highest BCUT2D eigenvalue weighted by Crippen LogP contribution is 2.32. The maximum absolute atomic E-state index is 4.89. The second-order valence-electron chi connectivity index (χ2n) is 9.10. The molecule has 3 aromatic rings. The summed E-state index contributed by atoms with van der Waals surface area (Å²) in [6, 6.07) is 11.2. The van der Waals surface area contributed by atoms with Gasteiger partial charge < -0.3 is 20.4 Å². The number of nitrogens with zero attached hydrogens (tertiary/aromatic N) is 4. The summed E-state index contributed by atoms with van der Waals surface area (Å²) in [5, 5.41) is 9.30. The van der Waals surface area contributed by atoms with Crippen LogP contribution in [0.5, 0.6) is 0 Å². The maximum Gasteiger partial charge on any atom is 0.229 e. The average Bonchev–Trinajstić information content (AvgIpc) is 3.25. The number of nitrogens with one attached hydrogen (secondary N) is 2. The molecule has 1 aliphatic heterocycles. The summed E-state index contributed by atoms with van der Waals surface area (Å²) in [4.78, 5) is 14.5. The lowest BCUT2D eigenvalue weighted by Gasteiger charge is -2.34. The van der Waals surface area contributed by atoms with Crippen molar-refractivity contribution in [2.45, 2.75) is 38.6 Å². The zero-order chi connectivity index (χ0) is 21.2. The summed E-state index contributed by atoms with van der Waals surface area (Å²) in [6.45, 7) is 6.68. The molecule has 5 rings (SSSR count). The van der Waals surface area contributed by atoms with Gasteiger partial charge in [0.1, 0.15) is 5.82 Å². The lowest BCUT2D eigenvalue weighted by molar-refractivity contribution is 0.313. The highest BCUT2D eigenvalue weighted by molar-refractivity contribution is 7.17. The van der Waals surface area contributed by atoms with Crippen molar-refractivity contribution in [2.24, 2.45) is 5.92 Å². The first kappa shape index (κ1) is 20.5. The van der Waals surface area contributed by atoms with Gasteiger partial charge >= 0.3 is 0 Å². The molecule has 0 radical (unpaired) electrons. The van der Waals surface area contributed by atoms with Crippen LogP contribution in [0.2, 0.25) is 0 Å². The van der Waals surface area contributed by atoms with Crippen molar-refractivity contribution in [1.29, 1.82) is 0 Å². The Kier molecular flexibility index (Phi) is 5.96. The van der Waals surface area contributed by atoms with E-state index in [0.717, 1.165) is 53.8 Å². The summed E-state index contributed by atoms with van der Waals surface area (Å²) in [5.74, 6) is 2.47. The van der Waals surface area contributed by atoms with Gasteiger partial charge in [-0.2, -0.15) is 4.98 Å². The number of hydrogen-bond acceptors (Lipinski definition) is 7. The smallest absolute Gasteiger partial charge is 0.229 e. The molecular weight excluding hydrogens is 404 g/mol. The molecule has 6 nitrogen and oxygen atoms in total. The molecular formula is C24H32N6S. The standard InChI is InChI=1S/C24H32N6S/c1-17-6-8-18(9-7-17)25-23-22-21(10-15-31-22)27-24(28-23)26-19-4-3-5-20(16-19)30-13-11-29(2)12-14-30/h3-5,10,15-18H,6-9,11-14H2,1-2H3,(H2,25,26,27,28). The molecule has 0 bridgehead atoms. The van der Waals surface area contributed by atoms with E-state index >= 15 is 0 Å². The van der Waals surface area contributed by atoms with Crippen LogP contribution in [0.3, 0.4) is 0 Å². The lowest BCUT2D eigenvalue weighted by atomic mass is 9.87. The van der Waals surface area contributed by atoms with E-state index in [9.17, 15) is 0 Å². The number of fused-ring (bicyclic) bond motifs is 1. The summed E-state index contributed by atoms with van der Waals surface area (Å²) in [5.41, 5.74) is 3.29. The third-order valence-electron chi connectivity index (χ3n) is 6.63. The Hall–Kier alpha value is -2.38. The fourth-order valence-corrected chi connectivity index (χ4v) is 5.37. The quantitative estimate of drug-likeness (QED) is 0.575. The first-order valence-electron chi connectivity index (χ1n) is 11.5. The topological polar surface area (TPSA) is 56.3 Å². The van der Waals surface area contributed by atoms with Gasteiger partial charge in [0.2, 0.25) is 5.95 Å². The first-order valence-corrected chi connectivity index (χ1v) is 12.3. The molecule has 7 heteroatoms. The average molecular weight is 437 g/mol. The van der Waals surface area contributed by atoms with Crippen molar-refractivity contribution < 1.29 is 0 Å². The molecule has 0 unspecified atom stereocenters. The predicted octanol–water partition coefficient (Wildman–Crippen LogP) is 5.18. The van der Waals surface area contributed by atoms with Gasteiger partial charge in [0, 0.05) is 43.6 Å². The van der Waals surface area contributed by atoms with Crippen molar-refractivity contribution in [3.8, 4) is 0 Å². The molecule has 1 saturated carbocycles. The monoisotopic (exact) mass is 436 g/mol. The van der Waals surface area contributed by atoms with E-state index in [1.807, 2.05) is 0 Å². The van der Waals surface area contributed by atoms with Crippen LogP contribution in [0, 0.1) is 5.92 Å². The normalized spacial score (nSPS) is 22.6. The minimum Gasteiger partial charge on any atom is -0.369 e. The predicted molar refractivity (Wildman–Crippen MR) is 132 cm³/mol. The second-order valence-corrected chi connectivity index (χ2v) is 10.0. The van der Waals surface area contributed by atoms with Crippen LogP contribution in [0.25, 0.3) is 10.2 Å². The Balaban J connectivity index is 1.35. The molecule has 1 aromatic carbocycles. The van der Waals surface area contributed by atoms with Crippen LogP contribution in [-0.2, 0) is 0 Å². The third kappa shape index (κ3) is 4.77. The van der Waals surface area contributed by atoms with Crippen LogP contribution in [0.1, 0.15) is 32.6 Å². The number of anilines is 4. The highest BCUT2D eigenvalue weighted by atomic mass is 32.1. The number of thiophene rings is 1. The number of benzene rings is 1. The largest absolute Gasteiger partial charge is 0.369 e. The van der Waals surface area contributed by atoms with Crippen LogP contribution >= 0.6 is 11.3 Å². The van der Waals surface area contributed by atoms with Gasteiger partial charge in [0.25, 0.3) is 0 Å². The second kappa shape index (κ2) is 9.01. The number of likely N-dealkylation sites (N-methyl/N-ethyl adjacent to an activating group) is 1. The zero-order valence-electron chi connectivity index (χ0n) is 18.5. The van der Waals surface area contributed by atoms with Gasteiger partial charge in [-0.1, -0.05) is 13.0 Å². The van der Waals surface area contributed by atoms with Gasteiger partial charge in [0.05, 0.1) is 10.2 Å². The minimum atomic E-state index is 0.504. The van der Waals surface area contributed by atoms with Crippen molar-refractivity contribution in [2.75, 3.05) is 48.8 Å². The van der Waals surface area contributed by atoms with Gasteiger partial charge in [-0.15, -0.1) is 11.3 Å². The van der Waals surface area contributed by atoms with E-state index in [0.29, 0.717) is 12.0 Å². The summed E-state index contributed by atoms with van der Waals surface area (Å²) >= 11 is 1.71. The SMILES string of the molecule is CC1CCC(Nc2nc(Nc3cccc(N4CCN(C)CC4)c3)nc3ccsc23)CC1. The van der Waals surface area contributed by atoms with E-state index < -0.39 is 0 Å². The van der Waals surface area contributed by atoms with Crippen molar-refractivity contribution in [3.05, 3.63) is 35.7 Å². The van der Waals surface area contributed by atoms with E-state index in [1.54, 1.807) is 11.3 Å². The number of rotatable bonds is 5. The molecule has 2 N–H and O–H groups in total. The molecule has 31 heavy (non-hydrogen) atoms. The molecule has 3 heterocycles. The molecule has 0 spiro atoms. The summed E-state index contributed by atoms with van der Waals surface area (Å²) < 4.78 is 1.15. The van der Waals surface area contributed by atoms with Crippen LogP contribution in [0.15, 0.2) is 35.7 Å². The molecule has 0 amide bonds. The van der Waals surface area contributed by atoms with Gasteiger partial charge in [0.15, 0.2) is 0 Å². The van der Waals surface area contributed by atoms with Crippen LogP contribution in [0.4, 0.5) is 23.1 Å². The Morgan fingerprint density at radius 3 is 2.61 bits per heavy atom. The zero-order valence-corrected chi connectivity index (χ0v) is 19.3. The van der Waals surface area contributed by atoms with Gasteiger partial charge in [-0.05, 0) is 68.3 Å². The van der Waals surface area contributed by atoms with E-state index in [-0.39, 0.29) is 0 Å². The van der Waals surface area contributed by atoms with E-state index in [1.165, 1.54) is 31.4 Å². The Bertz CT molecular complexity index is 1020. The Labute approximate surface area is 188 Å². The fourth-order valence-electron chi connectivity index (χ4n) is 4.59.